The van der Waals surface area contributed by atoms with E-state index in [1.807, 2.05) is 22.9 Å². The Kier molecular flexibility index (Phi) is 3.41. The highest BCUT2D eigenvalue weighted by Crippen LogP contribution is 2.34. The lowest BCUT2D eigenvalue weighted by atomic mass is 9.90. The molecule has 0 bridgehead atoms. The topological polar surface area (TPSA) is 51.0 Å². The lowest BCUT2D eigenvalue weighted by Gasteiger charge is -2.38. The SMILES string of the molecule is O=C(c1ccnc(-n2ccnc2)c1)N(CC1CC1)C1CCC1. The van der Waals surface area contributed by atoms with Crippen LogP contribution in [0.1, 0.15) is 42.5 Å². The molecule has 0 N–H and O–H groups in total. The molecule has 0 aliphatic heterocycles. The first kappa shape index (κ1) is 13.5. The smallest absolute Gasteiger partial charge is 0.254 e. The van der Waals surface area contributed by atoms with Crippen molar-refractivity contribution in [2.45, 2.75) is 38.1 Å². The number of nitrogens with zero attached hydrogens (tertiary/aromatic N) is 4. The van der Waals surface area contributed by atoms with E-state index in [-0.39, 0.29) is 5.91 Å². The molecule has 2 heterocycles. The Labute approximate surface area is 130 Å². The van der Waals surface area contributed by atoms with Crippen molar-refractivity contribution in [2.75, 3.05) is 6.54 Å². The lowest BCUT2D eigenvalue weighted by molar-refractivity contribution is 0.0566. The summed E-state index contributed by atoms with van der Waals surface area (Å²) in [5.41, 5.74) is 0.728. The van der Waals surface area contributed by atoms with Gasteiger partial charge in [-0.05, 0) is 50.2 Å². The monoisotopic (exact) mass is 296 g/mol. The number of hydrogen-bond donors (Lipinski definition) is 0. The number of imidazole rings is 1. The average Bonchev–Trinajstić information content (AvgIpc) is 3.14. The highest BCUT2D eigenvalue weighted by molar-refractivity contribution is 5.94. The third-order valence-electron chi connectivity index (χ3n) is 4.69. The van der Waals surface area contributed by atoms with Crippen LogP contribution < -0.4 is 0 Å². The van der Waals surface area contributed by atoms with E-state index in [4.69, 9.17) is 0 Å². The Bertz CT molecular complexity index is 659. The van der Waals surface area contributed by atoms with Crippen molar-refractivity contribution in [1.82, 2.24) is 19.4 Å². The fourth-order valence-corrected chi connectivity index (χ4v) is 2.93. The highest BCUT2D eigenvalue weighted by atomic mass is 16.2. The fourth-order valence-electron chi connectivity index (χ4n) is 2.93. The molecule has 2 fully saturated rings. The van der Waals surface area contributed by atoms with Crippen molar-refractivity contribution < 1.29 is 4.79 Å². The van der Waals surface area contributed by atoms with E-state index in [1.165, 1.54) is 19.3 Å². The molecule has 0 atom stereocenters. The number of aromatic nitrogens is 3. The predicted molar refractivity (Wildman–Crippen MR) is 82.8 cm³/mol. The van der Waals surface area contributed by atoms with Crippen LogP contribution in [0, 0.1) is 5.92 Å². The van der Waals surface area contributed by atoms with Gasteiger partial charge in [0.25, 0.3) is 5.91 Å². The first-order valence-electron chi connectivity index (χ1n) is 8.06. The Morgan fingerprint density at radius 1 is 1.27 bits per heavy atom. The maximum Gasteiger partial charge on any atom is 0.254 e. The van der Waals surface area contributed by atoms with Gasteiger partial charge in [0.2, 0.25) is 0 Å². The normalized spacial score (nSPS) is 18.0. The van der Waals surface area contributed by atoms with E-state index in [0.29, 0.717) is 6.04 Å². The van der Waals surface area contributed by atoms with Crippen LogP contribution in [0.25, 0.3) is 5.82 Å². The van der Waals surface area contributed by atoms with E-state index in [1.54, 1.807) is 18.7 Å². The fraction of sp³-hybridized carbons (Fsp3) is 0.471. The molecule has 2 aliphatic rings. The number of pyridine rings is 1. The Morgan fingerprint density at radius 3 is 2.77 bits per heavy atom. The average molecular weight is 296 g/mol. The van der Waals surface area contributed by atoms with E-state index in [2.05, 4.69) is 14.9 Å². The van der Waals surface area contributed by atoms with Gasteiger partial charge in [-0.1, -0.05) is 0 Å². The molecule has 0 radical (unpaired) electrons. The zero-order valence-electron chi connectivity index (χ0n) is 12.6. The van der Waals surface area contributed by atoms with E-state index in [9.17, 15) is 4.79 Å². The first-order valence-corrected chi connectivity index (χ1v) is 8.06. The summed E-state index contributed by atoms with van der Waals surface area (Å²) in [6.45, 7) is 0.923. The van der Waals surface area contributed by atoms with Gasteiger partial charge in [0.05, 0.1) is 0 Å². The zero-order valence-corrected chi connectivity index (χ0v) is 12.6. The van der Waals surface area contributed by atoms with Crippen LogP contribution in [-0.2, 0) is 0 Å². The van der Waals surface area contributed by atoms with Crippen molar-refractivity contribution in [3.63, 3.8) is 0 Å². The quantitative estimate of drug-likeness (QED) is 0.852. The second-order valence-electron chi connectivity index (χ2n) is 6.36. The molecule has 2 saturated carbocycles. The second kappa shape index (κ2) is 5.55. The van der Waals surface area contributed by atoms with Gasteiger partial charge in [-0.2, -0.15) is 0 Å². The molecular formula is C17H20N4O. The predicted octanol–water partition coefficient (Wildman–Crippen LogP) is 2.67. The van der Waals surface area contributed by atoms with Crippen molar-refractivity contribution in [3.05, 3.63) is 42.6 Å². The van der Waals surface area contributed by atoms with Crippen molar-refractivity contribution in [3.8, 4) is 5.82 Å². The van der Waals surface area contributed by atoms with Gasteiger partial charge in [0, 0.05) is 36.7 Å². The molecule has 2 aromatic rings. The third kappa shape index (κ3) is 2.63. The summed E-state index contributed by atoms with van der Waals surface area (Å²) < 4.78 is 1.82. The van der Waals surface area contributed by atoms with Crippen molar-refractivity contribution >= 4 is 5.91 Å². The standard InChI is InChI=1S/C17H20N4O/c22-17(21(11-13-4-5-13)15-2-1-3-15)14-6-7-19-16(10-14)20-9-8-18-12-20/h6-10,12-13,15H,1-5,11H2. The van der Waals surface area contributed by atoms with Crippen molar-refractivity contribution in [2.24, 2.45) is 5.92 Å². The molecule has 0 aromatic carbocycles. The summed E-state index contributed by atoms with van der Waals surface area (Å²) in [7, 11) is 0. The summed E-state index contributed by atoms with van der Waals surface area (Å²) in [5, 5.41) is 0. The van der Waals surface area contributed by atoms with Crippen LogP contribution >= 0.6 is 0 Å². The van der Waals surface area contributed by atoms with Gasteiger partial charge in [0.15, 0.2) is 0 Å². The van der Waals surface area contributed by atoms with Crippen LogP contribution in [-0.4, -0.2) is 37.9 Å². The summed E-state index contributed by atoms with van der Waals surface area (Å²) in [6, 6.07) is 4.13. The number of carbonyl (C=O) groups is 1. The lowest BCUT2D eigenvalue weighted by Crippen LogP contribution is -2.45. The maximum absolute atomic E-state index is 12.9. The minimum absolute atomic E-state index is 0.153. The Hall–Kier alpha value is -2.17. The third-order valence-corrected chi connectivity index (χ3v) is 4.69. The first-order chi connectivity index (χ1) is 10.8. The number of rotatable bonds is 5. The number of amides is 1. The summed E-state index contributed by atoms with van der Waals surface area (Å²) in [4.78, 5) is 23.4. The molecule has 0 spiro atoms. The molecule has 2 aliphatic carbocycles. The van der Waals surface area contributed by atoms with Gasteiger partial charge in [-0.15, -0.1) is 0 Å². The van der Waals surface area contributed by atoms with Crippen LogP contribution in [0.15, 0.2) is 37.1 Å². The highest BCUT2D eigenvalue weighted by Gasteiger charge is 2.34. The van der Waals surface area contributed by atoms with Crippen LogP contribution in [0.5, 0.6) is 0 Å². The molecule has 2 aromatic heterocycles. The Balaban J connectivity index is 1.58. The zero-order chi connectivity index (χ0) is 14.9. The molecule has 5 nitrogen and oxygen atoms in total. The molecule has 0 saturated heterocycles. The maximum atomic E-state index is 12.9. The number of carbonyl (C=O) groups excluding carboxylic acids is 1. The van der Waals surface area contributed by atoms with Crippen molar-refractivity contribution in [1.29, 1.82) is 0 Å². The summed E-state index contributed by atoms with van der Waals surface area (Å²) in [6.07, 6.45) is 13.0. The van der Waals surface area contributed by atoms with Gasteiger partial charge in [0.1, 0.15) is 12.1 Å². The molecule has 4 rings (SSSR count). The minimum atomic E-state index is 0.153. The van der Waals surface area contributed by atoms with E-state index in [0.717, 1.165) is 36.7 Å². The molecule has 114 valence electrons. The largest absolute Gasteiger partial charge is 0.335 e. The molecule has 1 amide bonds. The van der Waals surface area contributed by atoms with Gasteiger partial charge < -0.3 is 4.90 Å². The van der Waals surface area contributed by atoms with Gasteiger partial charge in [-0.25, -0.2) is 9.97 Å². The van der Waals surface area contributed by atoms with E-state index < -0.39 is 0 Å². The van der Waals surface area contributed by atoms with Crippen LogP contribution in [0.4, 0.5) is 0 Å². The number of hydrogen-bond acceptors (Lipinski definition) is 3. The van der Waals surface area contributed by atoms with E-state index >= 15 is 0 Å². The van der Waals surface area contributed by atoms with Gasteiger partial charge >= 0.3 is 0 Å². The Morgan fingerprint density at radius 2 is 2.14 bits per heavy atom. The second-order valence-corrected chi connectivity index (χ2v) is 6.36. The molecular weight excluding hydrogens is 276 g/mol. The van der Waals surface area contributed by atoms with Gasteiger partial charge in [-0.3, -0.25) is 9.36 Å². The summed E-state index contributed by atoms with van der Waals surface area (Å²) in [5.74, 6) is 1.61. The van der Waals surface area contributed by atoms with Crippen LogP contribution in [0.2, 0.25) is 0 Å². The van der Waals surface area contributed by atoms with Crippen LogP contribution in [0.3, 0.4) is 0 Å². The molecule has 22 heavy (non-hydrogen) atoms. The molecule has 0 unspecified atom stereocenters. The molecule has 5 heteroatoms. The minimum Gasteiger partial charge on any atom is -0.335 e. The summed E-state index contributed by atoms with van der Waals surface area (Å²) >= 11 is 0.